The fourth-order valence-corrected chi connectivity index (χ4v) is 4.15. The third kappa shape index (κ3) is 3.30. The third-order valence-corrected chi connectivity index (χ3v) is 5.10. The van der Waals surface area contributed by atoms with Crippen LogP contribution in [-0.2, 0) is 0 Å². The van der Waals surface area contributed by atoms with E-state index in [4.69, 9.17) is 0 Å². The molecule has 2 unspecified atom stereocenters. The molecule has 1 aromatic carbocycles. The first kappa shape index (κ1) is 14.0. The Morgan fingerprint density at radius 2 is 2.06 bits per heavy atom. The number of rotatable bonds is 6. The zero-order valence-electron chi connectivity index (χ0n) is 11.8. The van der Waals surface area contributed by atoms with Crippen molar-refractivity contribution in [2.24, 2.45) is 5.92 Å². The average molecular weight is 263 g/mol. The molecular weight excluding hydrogens is 238 g/mol. The van der Waals surface area contributed by atoms with Gasteiger partial charge in [-0.05, 0) is 31.0 Å². The molecule has 2 rings (SSSR count). The van der Waals surface area contributed by atoms with Gasteiger partial charge >= 0.3 is 0 Å². The Labute approximate surface area is 116 Å². The molecule has 0 spiro atoms. The van der Waals surface area contributed by atoms with Crippen LogP contribution in [-0.4, -0.2) is 18.8 Å². The van der Waals surface area contributed by atoms with Gasteiger partial charge in [0.15, 0.2) is 0 Å². The predicted molar refractivity (Wildman–Crippen MR) is 81.4 cm³/mol. The molecule has 1 heterocycles. The van der Waals surface area contributed by atoms with Crippen molar-refractivity contribution in [3.63, 3.8) is 0 Å². The van der Waals surface area contributed by atoms with Gasteiger partial charge in [-0.1, -0.05) is 44.9 Å². The molecule has 1 aromatic rings. The van der Waals surface area contributed by atoms with Gasteiger partial charge in [0.2, 0.25) is 0 Å². The van der Waals surface area contributed by atoms with Crippen LogP contribution in [0.1, 0.15) is 44.6 Å². The standard InChI is InChI=1S/C16H25NS/c1-12(2)7-6-9-15(17-3)14-11-18-16-10-5-4-8-13(14)16/h4-5,8,10,12,14-15,17H,6-7,9,11H2,1-3H3. The van der Waals surface area contributed by atoms with Crippen LogP contribution in [0.5, 0.6) is 0 Å². The van der Waals surface area contributed by atoms with E-state index in [0.717, 1.165) is 5.92 Å². The average Bonchev–Trinajstić information content (AvgIpc) is 2.78. The van der Waals surface area contributed by atoms with E-state index in [2.05, 4.69) is 50.5 Å². The summed E-state index contributed by atoms with van der Waals surface area (Å²) in [6, 6.07) is 9.55. The van der Waals surface area contributed by atoms with E-state index >= 15 is 0 Å². The quantitative estimate of drug-likeness (QED) is 0.821. The molecule has 100 valence electrons. The van der Waals surface area contributed by atoms with Crippen molar-refractivity contribution in [1.29, 1.82) is 0 Å². The number of benzene rings is 1. The first-order chi connectivity index (χ1) is 8.72. The first-order valence-electron chi connectivity index (χ1n) is 7.11. The molecule has 2 heteroatoms. The van der Waals surface area contributed by atoms with Crippen molar-refractivity contribution in [2.75, 3.05) is 12.8 Å². The molecule has 1 nitrogen and oxygen atoms in total. The molecule has 0 fully saturated rings. The molecule has 1 aliphatic heterocycles. The second kappa shape index (κ2) is 6.63. The summed E-state index contributed by atoms with van der Waals surface area (Å²) in [5, 5.41) is 3.55. The van der Waals surface area contributed by atoms with Gasteiger partial charge in [-0.15, -0.1) is 11.8 Å². The second-order valence-corrected chi connectivity index (χ2v) is 6.74. The van der Waals surface area contributed by atoms with Gasteiger partial charge in [0, 0.05) is 22.6 Å². The third-order valence-electron chi connectivity index (χ3n) is 3.89. The van der Waals surface area contributed by atoms with Crippen molar-refractivity contribution in [2.45, 2.75) is 50.0 Å². The van der Waals surface area contributed by atoms with Crippen molar-refractivity contribution < 1.29 is 0 Å². The van der Waals surface area contributed by atoms with Gasteiger partial charge in [-0.2, -0.15) is 0 Å². The van der Waals surface area contributed by atoms with Gasteiger partial charge in [0.25, 0.3) is 0 Å². The minimum atomic E-state index is 0.639. The number of hydrogen-bond acceptors (Lipinski definition) is 2. The van der Waals surface area contributed by atoms with Crippen LogP contribution in [0.15, 0.2) is 29.2 Å². The molecule has 0 radical (unpaired) electrons. The van der Waals surface area contributed by atoms with Crippen LogP contribution in [0, 0.1) is 5.92 Å². The van der Waals surface area contributed by atoms with Crippen molar-refractivity contribution in [3.05, 3.63) is 29.8 Å². The molecule has 1 N–H and O–H groups in total. The van der Waals surface area contributed by atoms with Crippen LogP contribution in [0.3, 0.4) is 0 Å². The fourth-order valence-electron chi connectivity index (χ4n) is 2.81. The molecule has 2 atom stereocenters. The Hall–Kier alpha value is -0.470. The Morgan fingerprint density at radius 3 is 2.78 bits per heavy atom. The molecule has 0 saturated heterocycles. The van der Waals surface area contributed by atoms with E-state index in [-0.39, 0.29) is 0 Å². The highest BCUT2D eigenvalue weighted by Crippen LogP contribution is 2.41. The predicted octanol–water partition coefficient (Wildman–Crippen LogP) is 4.29. The maximum absolute atomic E-state index is 3.55. The zero-order valence-corrected chi connectivity index (χ0v) is 12.6. The largest absolute Gasteiger partial charge is 0.316 e. The maximum Gasteiger partial charge on any atom is 0.0141 e. The molecule has 18 heavy (non-hydrogen) atoms. The lowest BCUT2D eigenvalue weighted by Crippen LogP contribution is -2.32. The molecule has 0 saturated carbocycles. The topological polar surface area (TPSA) is 12.0 Å². The zero-order chi connectivity index (χ0) is 13.0. The summed E-state index contributed by atoms with van der Waals surface area (Å²) in [5.74, 6) is 2.77. The van der Waals surface area contributed by atoms with Gasteiger partial charge in [-0.25, -0.2) is 0 Å². The molecule has 0 amide bonds. The monoisotopic (exact) mass is 263 g/mol. The Bertz CT molecular complexity index is 375. The molecule has 1 aliphatic rings. The smallest absolute Gasteiger partial charge is 0.0141 e. The molecule has 0 aliphatic carbocycles. The first-order valence-corrected chi connectivity index (χ1v) is 8.10. The number of fused-ring (bicyclic) bond motifs is 1. The highest BCUT2D eigenvalue weighted by molar-refractivity contribution is 7.99. The minimum Gasteiger partial charge on any atom is -0.316 e. The lowest BCUT2D eigenvalue weighted by atomic mass is 9.89. The van der Waals surface area contributed by atoms with E-state index in [1.165, 1.54) is 29.9 Å². The van der Waals surface area contributed by atoms with Crippen molar-refractivity contribution in [1.82, 2.24) is 5.32 Å². The van der Waals surface area contributed by atoms with E-state index in [9.17, 15) is 0 Å². The number of thioether (sulfide) groups is 1. The SMILES string of the molecule is CNC(CCCC(C)C)C1CSc2ccccc21. The minimum absolute atomic E-state index is 0.639. The van der Waals surface area contributed by atoms with Gasteiger partial charge in [0.1, 0.15) is 0 Å². The summed E-state index contributed by atoms with van der Waals surface area (Å²) >= 11 is 2.02. The highest BCUT2D eigenvalue weighted by atomic mass is 32.2. The van der Waals surface area contributed by atoms with Gasteiger partial charge < -0.3 is 5.32 Å². The number of hydrogen-bond donors (Lipinski definition) is 1. The second-order valence-electron chi connectivity index (χ2n) is 5.68. The maximum atomic E-state index is 3.55. The van der Waals surface area contributed by atoms with Crippen LogP contribution < -0.4 is 5.32 Å². The van der Waals surface area contributed by atoms with E-state index < -0.39 is 0 Å². The molecule has 0 bridgehead atoms. The molecule has 0 aromatic heterocycles. The summed E-state index contributed by atoms with van der Waals surface area (Å²) < 4.78 is 0. The lowest BCUT2D eigenvalue weighted by Gasteiger charge is -2.24. The summed E-state index contributed by atoms with van der Waals surface area (Å²) in [4.78, 5) is 1.49. The summed E-state index contributed by atoms with van der Waals surface area (Å²) in [6.07, 6.45) is 3.99. The van der Waals surface area contributed by atoms with Crippen LogP contribution in [0.4, 0.5) is 0 Å². The van der Waals surface area contributed by atoms with Crippen molar-refractivity contribution >= 4 is 11.8 Å². The van der Waals surface area contributed by atoms with E-state index in [1.807, 2.05) is 11.8 Å². The Balaban J connectivity index is 1.97. The summed E-state index contributed by atoms with van der Waals surface area (Å²) in [6.45, 7) is 4.63. The van der Waals surface area contributed by atoms with Crippen LogP contribution >= 0.6 is 11.8 Å². The van der Waals surface area contributed by atoms with E-state index in [0.29, 0.717) is 12.0 Å². The highest BCUT2D eigenvalue weighted by Gasteiger charge is 2.28. The summed E-state index contributed by atoms with van der Waals surface area (Å²) in [7, 11) is 2.12. The van der Waals surface area contributed by atoms with Gasteiger partial charge in [0.05, 0.1) is 0 Å². The van der Waals surface area contributed by atoms with Crippen LogP contribution in [0.25, 0.3) is 0 Å². The number of nitrogens with one attached hydrogen (secondary N) is 1. The fraction of sp³-hybridized carbons (Fsp3) is 0.625. The Morgan fingerprint density at radius 1 is 1.28 bits per heavy atom. The van der Waals surface area contributed by atoms with Crippen LogP contribution in [0.2, 0.25) is 0 Å². The number of likely N-dealkylation sites (N-methyl/N-ethyl adjacent to an activating group) is 1. The van der Waals surface area contributed by atoms with E-state index in [1.54, 1.807) is 5.56 Å². The lowest BCUT2D eigenvalue weighted by molar-refractivity contribution is 0.421. The molecular formula is C16H25NS. The van der Waals surface area contributed by atoms with Gasteiger partial charge in [-0.3, -0.25) is 0 Å². The normalized spacial score (nSPS) is 20.1. The van der Waals surface area contributed by atoms with Crippen molar-refractivity contribution in [3.8, 4) is 0 Å². The summed E-state index contributed by atoms with van der Waals surface area (Å²) in [5.41, 5.74) is 1.56. The Kier molecular flexibility index (Phi) is 5.13.